The van der Waals surface area contributed by atoms with Crippen LogP contribution in [0.3, 0.4) is 0 Å². The van der Waals surface area contributed by atoms with Gasteiger partial charge in [-0.25, -0.2) is 0 Å². The first-order valence-electron chi connectivity index (χ1n) is 6.62. The molecule has 1 atom stereocenters. The Morgan fingerprint density at radius 3 is 2.65 bits per heavy atom. The highest BCUT2D eigenvalue weighted by Crippen LogP contribution is 2.16. The number of likely N-dealkylation sites (N-methyl/N-ethyl adjacent to an activating group) is 1. The summed E-state index contributed by atoms with van der Waals surface area (Å²) in [4.78, 5) is 13.8. The molecule has 1 fully saturated rings. The third-order valence-corrected chi connectivity index (χ3v) is 3.24. The van der Waals surface area contributed by atoms with Crippen LogP contribution in [0, 0.1) is 0 Å². The lowest BCUT2D eigenvalue weighted by Crippen LogP contribution is -2.51. The van der Waals surface area contributed by atoms with Gasteiger partial charge in [-0.2, -0.15) is 0 Å². The third-order valence-electron chi connectivity index (χ3n) is 3.24. The number of nitrogens with zero attached hydrogens (tertiary/aromatic N) is 1. The van der Waals surface area contributed by atoms with Crippen molar-refractivity contribution < 1.29 is 4.79 Å². The number of piperidine rings is 1. The number of amides is 1. The molecule has 1 heterocycles. The molecule has 0 aromatic heterocycles. The Hall–Kier alpha value is -0.610. The highest BCUT2D eigenvalue weighted by atomic mass is 16.1. The van der Waals surface area contributed by atoms with Gasteiger partial charge in [-0.15, -0.1) is 0 Å². The van der Waals surface area contributed by atoms with Crippen LogP contribution in [0.15, 0.2) is 0 Å². The van der Waals surface area contributed by atoms with Gasteiger partial charge in [-0.05, 0) is 40.2 Å². The van der Waals surface area contributed by atoms with Crippen LogP contribution in [-0.4, -0.2) is 49.1 Å². The van der Waals surface area contributed by atoms with Gasteiger partial charge in [0.05, 0.1) is 6.54 Å². The first kappa shape index (κ1) is 14.5. The lowest BCUT2D eigenvalue weighted by atomic mass is 10.0. The summed E-state index contributed by atoms with van der Waals surface area (Å²) in [5.41, 5.74) is 0.149. The van der Waals surface area contributed by atoms with Gasteiger partial charge in [0.2, 0.25) is 5.91 Å². The number of hydrogen-bond acceptors (Lipinski definition) is 3. The molecule has 17 heavy (non-hydrogen) atoms. The SMILES string of the molecule is CNC(=O)CN1CCCCC1CNC(C)(C)C. The molecule has 1 aliphatic heterocycles. The van der Waals surface area contributed by atoms with Crippen LogP contribution in [0.1, 0.15) is 40.0 Å². The number of carbonyl (C=O) groups excluding carboxylic acids is 1. The van der Waals surface area contributed by atoms with Crippen molar-refractivity contribution in [2.45, 2.75) is 51.6 Å². The van der Waals surface area contributed by atoms with E-state index in [1.54, 1.807) is 7.05 Å². The molecule has 1 unspecified atom stereocenters. The van der Waals surface area contributed by atoms with Crippen LogP contribution in [0.5, 0.6) is 0 Å². The minimum atomic E-state index is 0.118. The average molecular weight is 241 g/mol. The normalized spacial score (nSPS) is 22.5. The maximum absolute atomic E-state index is 11.5. The van der Waals surface area contributed by atoms with Crippen molar-refractivity contribution >= 4 is 5.91 Å². The van der Waals surface area contributed by atoms with E-state index in [0.29, 0.717) is 12.6 Å². The van der Waals surface area contributed by atoms with E-state index in [4.69, 9.17) is 0 Å². The Morgan fingerprint density at radius 1 is 1.35 bits per heavy atom. The molecule has 0 aromatic rings. The van der Waals surface area contributed by atoms with Gasteiger partial charge in [-0.1, -0.05) is 6.42 Å². The smallest absolute Gasteiger partial charge is 0.233 e. The van der Waals surface area contributed by atoms with E-state index in [0.717, 1.165) is 13.1 Å². The maximum atomic E-state index is 11.5. The average Bonchev–Trinajstić information content (AvgIpc) is 2.26. The van der Waals surface area contributed by atoms with Crippen LogP contribution in [0.2, 0.25) is 0 Å². The molecule has 1 saturated heterocycles. The van der Waals surface area contributed by atoms with Gasteiger partial charge in [0.1, 0.15) is 0 Å². The van der Waals surface area contributed by atoms with Crippen LogP contribution in [-0.2, 0) is 4.79 Å². The van der Waals surface area contributed by atoms with E-state index >= 15 is 0 Å². The Morgan fingerprint density at radius 2 is 2.06 bits per heavy atom. The zero-order valence-electron chi connectivity index (χ0n) is 11.7. The van der Waals surface area contributed by atoms with E-state index < -0.39 is 0 Å². The van der Waals surface area contributed by atoms with Crippen molar-refractivity contribution in [1.29, 1.82) is 0 Å². The molecular weight excluding hydrogens is 214 g/mol. The predicted molar refractivity (Wildman–Crippen MR) is 71.0 cm³/mol. The van der Waals surface area contributed by atoms with E-state index in [2.05, 4.69) is 36.3 Å². The minimum Gasteiger partial charge on any atom is -0.358 e. The molecule has 4 nitrogen and oxygen atoms in total. The molecule has 0 aromatic carbocycles. The summed E-state index contributed by atoms with van der Waals surface area (Å²) in [5.74, 6) is 0.118. The molecule has 0 saturated carbocycles. The van der Waals surface area contributed by atoms with Gasteiger partial charge in [0, 0.05) is 25.2 Å². The second-order valence-electron chi connectivity index (χ2n) is 5.92. The molecule has 0 bridgehead atoms. The highest BCUT2D eigenvalue weighted by Gasteiger charge is 2.24. The minimum absolute atomic E-state index is 0.118. The predicted octanol–water partition coefficient (Wildman–Crippen LogP) is 0.975. The second kappa shape index (κ2) is 6.36. The van der Waals surface area contributed by atoms with Crippen LogP contribution in [0.4, 0.5) is 0 Å². The molecule has 100 valence electrons. The van der Waals surface area contributed by atoms with Gasteiger partial charge in [-0.3, -0.25) is 9.69 Å². The lowest BCUT2D eigenvalue weighted by molar-refractivity contribution is -0.122. The second-order valence-corrected chi connectivity index (χ2v) is 5.92. The van der Waals surface area contributed by atoms with Gasteiger partial charge < -0.3 is 10.6 Å². The van der Waals surface area contributed by atoms with E-state index in [1.165, 1.54) is 19.3 Å². The first-order valence-corrected chi connectivity index (χ1v) is 6.62. The van der Waals surface area contributed by atoms with Crippen LogP contribution >= 0.6 is 0 Å². The number of likely N-dealkylation sites (tertiary alicyclic amines) is 1. The first-order chi connectivity index (χ1) is 7.92. The summed E-state index contributed by atoms with van der Waals surface area (Å²) in [7, 11) is 1.70. The van der Waals surface area contributed by atoms with Crippen molar-refractivity contribution in [2.75, 3.05) is 26.7 Å². The fourth-order valence-electron chi connectivity index (χ4n) is 2.19. The van der Waals surface area contributed by atoms with Crippen molar-refractivity contribution in [2.24, 2.45) is 0 Å². The van der Waals surface area contributed by atoms with Crippen molar-refractivity contribution in [3.63, 3.8) is 0 Å². The number of carbonyl (C=O) groups is 1. The van der Waals surface area contributed by atoms with Crippen molar-refractivity contribution in [3.8, 4) is 0 Å². The summed E-state index contributed by atoms with van der Waals surface area (Å²) in [5, 5.41) is 6.24. The molecule has 0 radical (unpaired) electrons. The van der Waals surface area contributed by atoms with Gasteiger partial charge in [0.15, 0.2) is 0 Å². The number of nitrogens with one attached hydrogen (secondary N) is 2. The zero-order valence-corrected chi connectivity index (χ0v) is 11.7. The van der Waals surface area contributed by atoms with Crippen LogP contribution in [0.25, 0.3) is 0 Å². The van der Waals surface area contributed by atoms with E-state index in [-0.39, 0.29) is 11.4 Å². The highest BCUT2D eigenvalue weighted by molar-refractivity contribution is 5.77. The third kappa shape index (κ3) is 5.50. The molecule has 1 aliphatic rings. The maximum Gasteiger partial charge on any atom is 0.233 e. The summed E-state index contributed by atoms with van der Waals surface area (Å²) < 4.78 is 0. The van der Waals surface area contributed by atoms with Gasteiger partial charge >= 0.3 is 0 Å². The fourth-order valence-corrected chi connectivity index (χ4v) is 2.19. The Kier molecular flexibility index (Phi) is 5.40. The quantitative estimate of drug-likeness (QED) is 0.771. The van der Waals surface area contributed by atoms with Gasteiger partial charge in [0.25, 0.3) is 0 Å². The molecule has 4 heteroatoms. The Bertz CT molecular complexity index is 248. The molecule has 0 aliphatic carbocycles. The van der Waals surface area contributed by atoms with Crippen molar-refractivity contribution in [1.82, 2.24) is 15.5 Å². The van der Waals surface area contributed by atoms with E-state index in [9.17, 15) is 4.79 Å². The zero-order chi connectivity index (χ0) is 12.9. The fraction of sp³-hybridized carbons (Fsp3) is 0.923. The molecule has 1 rings (SSSR count). The summed E-state index contributed by atoms with van der Waals surface area (Å²) >= 11 is 0. The summed E-state index contributed by atoms with van der Waals surface area (Å²) in [6.45, 7) is 9.09. The largest absolute Gasteiger partial charge is 0.358 e. The number of rotatable bonds is 4. The Labute approximate surface area is 105 Å². The van der Waals surface area contributed by atoms with E-state index in [1.807, 2.05) is 0 Å². The molecular formula is C13H27N3O. The molecule has 0 spiro atoms. The van der Waals surface area contributed by atoms with Crippen molar-refractivity contribution in [3.05, 3.63) is 0 Å². The van der Waals surface area contributed by atoms with Crippen LogP contribution < -0.4 is 10.6 Å². The standard InChI is InChI=1S/C13H27N3O/c1-13(2,3)15-9-11-7-5-6-8-16(11)10-12(17)14-4/h11,15H,5-10H2,1-4H3,(H,14,17). The lowest BCUT2D eigenvalue weighted by Gasteiger charge is -2.37. The Balaban J connectivity index is 2.45. The monoisotopic (exact) mass is 241 g/mol. The molecule has 1 amide bonds. The summed E-state index contributed by atoms with van der Waals surface area (Å²) in [6, 6.07) is 0.500. The number of hydrogen-bond donors (Lipinski definition) is 2. The molecule has 2 N–H and O–H groups in total. The summed E-state index contributed by atoms with van der Waals surface area (Å²) in [6.07, 6.45) is 3.68. The topological polar surface area (TPSA) is 44.4 Å².